The summed E-state index contributed by atoms with van der Waals surface area (Å²) in [5.74, 6) is -1.13. The van der Waals surface area contributed by atoms with E-state index < -0.39 is 5.97 Å². The van der Waals surface area contributed by atoms with Gasteiger partial charge in [0.15, 0.2) is 0 Å². The first-order valence-electron chi connectivity index (χ1n) is 10.5. The van der Waals surface area contributed by atoms with E-state index in [0.717, 1.165) is 39.5 Å². The number of ether oxygens (including phenoxy) is 6. The van der Waals surface area contributed by atoms with Gasteiger partial charge in [-0.2, -0.15) is 0 Å². The number of carbonyl (C=O) groups excluding carboxylic acids is 1. The first-order valence-corrected chi connectivity index (χ1v) is 10.5. The first kappa shape index (κ1) is 29.4. The van der Waals surface area contributed by atoms with E-state index in [4.69, 9.17) is 28.4 Å². The van der Waals surface area contributed by atoms with Crippen LogP contribution < -0.4 is 10.0 Å². The average molecular weight is 446 g/mol. The Labute approximate surface area is 186 Å². The minimum Gasteiger partial charge on any atom is -0.545 e. The molecule has 9 heteroatoms. The van der Waals surface area contributed by atoms with Crippen LogP contribution in [0, 0.1) is 0 Å². The summed E-state index contributed by atoms with van der Waals surface area (Å²) in [6, 6.07) is 8.06. The van der Waals surface area contributed by atoms with Crippen LogP contribution in [0.4, 0.5) is 0 Å². The Morgan fingerprint density at radius 2 is 1.06 bits per heavy atom. The normalized spacial score (nSPS) is 10.7. The fraction of sp³-hybridized carbons (Fsp3) is 0.682. The van der Waals surface area contributed by atoms with E-state index in [9.17, 15) is 9.90 Å². The molecule has 0 heterocycles. The number of carboxylic acids is 1. The zero-order chi connectivity index (χ0) is 23.0. The number of quaternary nitrogens is 1. The Morgan fingerprint density at radius 3 is 1.35 bits per heavy atom. The fourth-order valence-electron chi connectivity index (χ4n) is 2.33. The van der Waals surface area contributed by atoms with Gasteiger partial charge >= 0.3 is 0 Å². The lowest BCUT2D eigenvalue weighted by Gasteiger charge is -2.19. The third-order valence-corrected chi connectivity index (χ3v) is 4.10. The zero-order valence-electron chi connectivity index (χ0n) is 19.1. The summed E-state index contributed by atoms with van der Waals surface area (Å²) in [5, 5.41) is 10.1. The van der Waals surface area contributed by atoms with Gasteiger partial charge in [0.25, 0.3) is 0 Å². The molecule has 0 bridgehead atoms. The van der Waals surface area contributed by atoms with E-state index in [1.807, 2.05) is 0 Å². The maximum atomic E-state index is 10.1. The van der Waals surface area contributed by atoms with E-state index in [0.29, 0.717) is 39.6 Å². The fourth-order valence-corrected chi connectivity index (χ4v) is 2.33. The topological polar surface area (TPSA) is 100.0 Å². The van der Waals surface area contributed by atoms with Gasteiger partial charge in [0, 0.05) is 21.3 Å². The molecular formula is C22H39NO8. The number of carboxylic acid groups (broad SMARTS) is 1. The van der Waals surface area contributed by atoms with E-state index >= 15 is 0 Å². The second-order valence-electron chi connectivity index (χ2n) is 6.47. The largest absolute Gasteiger partial charge is 0.545 e. The Hall–Kier alpha value is -1.59. The Kier molecular flexibility index (Phi) is 21.9. The lowest BCUT2D eigenvalue weighted by molar-refractivity contribution is -0.901. The molecule has 0 aliphatic carbocycles. The van der Waals surface area contributed by atoms with Crippen molar-refractivity contribution in [2.75, 3.05) is 100 Å². The van der Waals surface area contributed by atoms with Crippen LogP contribution >= 0.6 is 0 Å². The van der Waals surface area contributed by atoms with Crippen molar-refractivity contribution in [2.45, 2.75) is 0 Å². The lowest BCUT2D eigenvalue weighted by Crippen LogP contribution is -3.13. The standard InChI is InChI=1S/C15H33NO6.C7H6O2/c1-17-10-13-20-7-4-16(5-8-21-14-11-18-2)6-9-22-15-12-19-3;8-7(9)6-4-2-1-3-5-6/h4-15H2,1-3H3;1-5H,(H,8,9). The molecule has 1 rings (SSSR count). The van der Waals surface area contributed by atoms with Crippen molar-refractivity contribution in [2.24, 2.45) is 0 Å². The van der Waals surface area contributed by atoms with E-state index in [2.05, 4.69) is 0 Å². The summed E-state index contributed by atoms with van der Waals surface area (Å²) in [7, 11) is 5.03. The van der Waals surface area contributed by atoms with Crippen LogP contribution in [-0.2, 0) is 28.4 Å². The Bertz CT molecular complexity index is 470. The summed E-state index contributed by atoms with van der Waals surface area (Å²) in [6.45, 7) is 8.77. The van der Waals surface area contributed by atoms with Crippen molar-refractivity contribution < 1.29 is 43.2 Å². The first-order chi connectivity index (χ1) is 15.2. The molecule has 1 N–H and O–H groups in total. The van der Waals surface area contributed by atoms with Crippen LogP contribution in [0.2, 0.25) is 0 Å². The third-order valence-electron chi connectivity index (χ3n) is 4.10. The lowest BCUT2D eigenvalue weighted by atomic mass is 10.2. The number of hydrogen-bond acceptors (Lipinski definition) is 8. The van der Waals surface area contributed by atoms with Gasteiger partial charge in [-0.05, 0) is 5.56 Å². The smallest absolute Gasteiger partial charge is 0.101 e. The molecule has 31 heavy (non-hydrogen) atoms. The molecule has 0 aromatic heterocycles. The monoisotopic (exact) mass is 445 g/mol. The molecule has 180 valence electrons. The second-order valence-corrected chi connectivity index (χ2v) is 6.47. The van der Waals surface area contributed by atoms with Crippen LogP contribution in [0.25, 0.3) is 0 Å². The number of carbonyl (C=O) groups is 1. The highest BCUT2D eigenvalue weighted by Crippen LogP contribution is 1.94. The van der Waals surface area contributed by atoms with Crippen molar-refractivity contribution in [1.82, 2.24) is 0 Å². The molecule has 0 unspecified atom stereocenters. The maximum absolute atomic E-state index is 10.1. The van der Waals surface area contributed by atoms with Crippen LogP contribution in [0.15, 0.2) is 30.3 Å². The molecule has 0 saturated carbocycles. The molecule has 1 aromatic rings. The van der Waals surface area contributed by atoms with Gasteiger partial charge in [-0.1, -0.05) is 30.3 Å². The number of aromatic carboxylic acids is 1. The number of methoxy groups -OCH3 is 3. The number of hydrogen-bond donors (Lipinski definition) is 1. The highest BCUT2D eigenvalue weighted by atomic mass is 16.5. The third kappa shape index (κ3) is 20.1. The van der Waals surface area contributed by atoms with Crippen LogP contribution in [0.5, 0.6) is 0 Å². The van der Waals surface area contributed by atoms with Crippen molar-refractivity contribution in [3.8, 4) is 0 Å². The minimum absolute atomic E-state index is 0.220. The Balaban J connectivity index is 0.000000823. The molecule has 0 atom stereocenters. The van der Waals surface area contributed by atoms with Gasteiger partial charge < -0.3 is 43.2 Å². The van der Waals surface area contributed by atoms with Crippen molar-refractivity contribution in [3.05, 3.63) is 35.9 Å². The number of rotatable bonds is 19. The molecule has 0 amide bonds. The van der Waals surface area contributed by atoms with Crippen molar-refractivity contribution in [1.29, 1.82) is 0 Å². The summed E-state index contributed by atoms with van der Waals surface area (Å²) >= 11 is 0. The van der Waals surface area contributed by atoms with Gasteiger partial charge in [0.1, 0.15) is 19.6 Å². The van der Waals surface area contributed by atoms with Gasteiger partial charge in [-0.15, -0.1) is 0 Å². The molecular weight excluding hydrogens is 406 g/mol. The van der Waals surface area contributed by atoms with Crippen molar-refractivity contribution in [3.63, 3.8) is 0 Å². The van der Waals surface area contributed by atoms with Gasteiger partial charge in [0.2, 0.25) is 0 Å². The quantitative estimate of drug-likeness (QED) is 0.268. The van der Waals surface area contributed by atoms with Gasteiger partial charge in [-0.3, -0.25) is 0 Å². The van der Waals surface area contributed by atoms with E-state index in [1.165, 1.54) is 17.0 Å². The molecule has 0 aliphatic rings. The molecule has 0 radical (unpaired) electrons. The van der Waals surface area contributed by atoms with Crippen LogP contribution in [-0.4, -0.2) is 106 Å². The molecule has 9 nitrogen and oxygen atoms in total. The van der Waals surface area contributed by atoms with Gasteiger partial charge in [0.05, 0.1) is 65.4 Å². The molecule has 0 spiro atoms. The maximum Gasteiger partial charge on any atom is 0.101 e. The number of benzene rings is 1. The Morgan fingerprint density at radius 1 is 0.677 bits per heavy atom. The summed E-state index contributed by atoms with van der Waals surface area (Å²) in [5.41, 5.74) is 0.220. The molecule has 1 aromatic carbocycles. The second kappa shape index (κ2) is 23.1. The SMILES string of the molecule is COCCOCC[NH+](CCOCCOC)CCOCCOC.O=C([O-])c1ccccc1. The van der Waals surface area contributed by atoms with Crippen LogP contribution in [0.1, 0.15) is 10.4 Å². The molecule has 0 saturated heterocycles. The molecule has 0 fully saturated rings. The summed E-state index contributed by atoms with van der Waals surface area (Å²) in [4.78, 5) is 11.5. The van der Waals surface area contributed by atoms with Gasteiger partial charge in [-0.25, -0.2) is 0 Å². The highest BCUT2D eigenvalue weighted by Gasteiger charge is 2.08. The zero-order valence-corrected chi connectivity index (χ0v) is 19.1. The molecule has 0 aliphatic heterocycles. The average Bonchev–Trinajstić information content (AvgIpc) is 2.79. The van der Waals surface area contributed by atoms with E-state index in [-0.39, 0.29) is 5.56 Å². The summed E-state index contributed by atoms with van der Waals surface area (Å²) in [6.07, 6.45) is 0. The predicted molar refractivity (Wildman–Crippen MR) is 114 cm³/mol. The van der Waals surface area contributed by atoms with E-state index in [1.54, 1.807) is 39.5 Å². The minimum atomic E-state index is -1.13. The van der Waals surface area contributed by atoms with Crippen LogP contribution in [0.3, 0.4) is 0 Å². The summed E-state index contributed by atoms with van der Waals surface area (Å²) < 4.78 is 31.5. The van der Waals surface area contributed by atoms with Crippen molar-refractivity contribution >= 4 is 5.97 Å². The predicted octanol–water partition coefficient (Wildman–Crippen LogP) is -1.09. The number of nitrogens with one attached hydrogen (secondary N) is 1. The highest BCUT2D eigenvalue weighted by molar-refractivity contribution is 5.85.